The molecule has 0 saturated heterocycles. The van der Waals surface area contributed by atoms with Gasteiger partial charge in [0.2, 0.25) is 0 Å². The predicted octanol–water partition coefficient (Wildman–Crippen LogP) is 1.90. The second-order valence-electron chi connectivity index (χ2n) is 4.29. The molecule has 1 aromatic carbocycles. The molecule has 0 radical (unpaired) electrons. The number of nitrogens with zero attached hydrogens (tertiary/aromatic N) is 1. The maximum atomic E-state index is 12.1. The van der Waals surface area contributed by atoms with E-state index in [4.69, 9.17) is 9.52 Å². The zero-order chi connectivity index (χ0) is 14.4. The van der Waals surface area contributed by atoms with Gasteiger partial charge in [0.25, 0.3) is 5.91 Å². The number of furan rings is 1. The summed E-state index contributed by atoms with van der Waals surface area (Å²) in [6.45, 7) is 0.262. The van der Waals surface area contributed by atoms with Gasteiger partial charge in [-0.2, -0.15) is 0 Å². The van der Waals surface area contributed by atoms with Crippen molar-refractivity contribution in [3.8, 4) is 11.8 Å². The molecule has 1 aromatic heterocycles. The highest BCUT2D eigenvalue weighted by Crippen LogP contribution is 2.12. The molecule has 0 saturated carbocycles. The van der Waals surface area contributed by atoms with Gasteiger partial charge in [-0.1, -0.05) is 30.0 Å². The number of carbonyl (C=O) groups is 1. The zero-order valence-electron chi connectivity index (χ0n) is 11.2. The Morgan fingerprint density at radius 2 is 2.15 bits per heavy atom. The van der Waals surface area contributed by atoms with E-state index < -0.39 is 0 Å². The van der Waals surface area contributed by atoms with Gasteiger partial charge in [-0.25, -0.2) is 0 Å². The van der Waals surface area contributed by atoms with Crippen LogP contribution >= 0.6 is 0 Å². The first-order valence-corrected chi connectivity index (χ1v) is 6.17. The third kappa shape index (κ3) is 3.28. The second kappa shape index (κ2) is 6.60. The van der Waals surface area contributed by atoms with Crippen molar-refractivity contribution in [2.45, 2.75) is 6.54 Å². The van der Waals surface area contributed by atoms with Crippen molar-refractivity contribution in [2.75, 3.05) is 13.7 Å². The van der Waals surface area contributed by atoms with E-state index in [1.54, 1.807) is 18.0 Å². The molecule has 4 heteroatoms. The fourth-order valence-electron chi connectivity index (χ4n) is 1.85. The third-order valence-electron chi connectivity index (χ3n) is 2.84. The summed E-state index contributed by atoms with van der Waals surface area (Å²) in [5, 5.41) is 8.77. The molecule has 2 rings (SSSR count). The molecule has 0 aliphatic rings. The SMILES string of the molecule is CN(Cc1ccccc1C#CCO)C(=O)c1ccoc1. The van der Waals surface area contributed by atoms with Crippen molar-refractivity contribution in [3.63, 3.8) is 0 Å². The van der Waals surface area contributed by atoms with E-state index in [1.165, 1.54) is 12.5 Å². The van der Waals surface area contributed by atoms with Crippen molar-refractivity contribution in [2.24, 2.45) is 0 Å². The molecule has 0 spiro atoms. The Labute approximate surface area is 117 Å². The lowest BCUT2D eigenvalue weighted by molar-refractivity contribution is 0.0784. The van der Waals surface area contributed by atoms with Gasteiger partial charge in [0.15, 0.2) is 0 Å². The van der Waals surface area contributed by atoms with E-state index in [0.29, 0.717) is 12.1 Å². The third-order valence-corrected chi connectivity index (χ3v) is 2.84. The Balaban J connectivity index is 2.15. The molecule has 0 bridgehead atoms. The van der Waals surface area contributed by atoms with Crippen LogP contribution in [0.3, 0.4) is 0 Å². The van der Waals surface area contributed by atoms with Crippen molar-refractivity contribution in [3.05, 3.63) is 59.5 Å². The Morgan fingerprint density at radius 3 is 2.85 bits per heavy atom. The van der Waals surface area contributed by atoms with Crippen LogP contribution in [0.2, 0.25) is 0 Å². The Kier molecular flexibility index (Phi) is 4.59. The number of benzene rings is 1. The minimum atomic E-state index is -0.182. The Bertz CT molecular complexity index is 635. The molecule has 102 valence electrons. The Morgan fingerprint density at radius 1 is 1.35 bits per heavy atom. The van der Waals surface area contributed by atoms with Crippen molar-refractivity contribution in [1.82, 2.24) is 4.90 Å². The lowest BCUT2D eigenvalue weighted by atomic mass is 10.1. The summed E-state index contributed by atoms with van der Waals surface area (Å²) in [7, 11) is 1.73. The fourth-order valence-corrected chi connectivity index (χ4v) is 1.85. The van der Waals surface area contributed by atoms with E-state index in [9.17, 15) is 4.79 Å². The summed E-state index contributed by atoms with van der Waals surface area (Å²) in [5.74, 6) is 5.40. The number of aliphatic hydroxyl groups is 1. The molecule has 2 aromatic rings. The summed E-state index contributed by atoms with van der Waals surface area (Å²) in [5.41, 5.74) is 2.27. The zero-order valence-corrected chi connectivity index (χ0v) is 11.2. The normalized spacial score (nSPS) is 9.70. The summed E-state index contributed by atoms with van der Waals surface area (Å²) in [6, 6.07) is 9.20. The summed E-state index contributed by atoms with van der Waals surface area (Å²) < 4.78 is 4.92. The van der Waals surface area contributed by atoms with E-state index in [-0.39, 0.29) is 12.5 Å². The van der Waals surface area contributed by atoms with E-state index in [1.807, 2.05) is 24.3 Å². The standard InChI is InChI=1S/C16H15NO3/c1-17(16(19)15-8-10-20-12-15)11-14-6-3-2-5-13(14)7-4-9-18/h2-3,5-6,8,10,12,18H,9,11H2,1H3. The monoisotopic (exact) mass is 269 g/mol. The first kappa shape index (κ1) is 13.9. The van der Waals surface area contributed by atoms with E-state index >= 15 is 0 Å². The van der Waals surface area contributed by atoms with Crippen LogP contribution in [0, 0.1) is 11.8 Å². The van der Waals surface area contributed by atoms with Gasteiger partial charge in [0.05, 0.1) is 11.8 Å². The average Bonchev–Trinajstić information content (AvgIpc) is 2.99. The first-order valence-electron chi connectivity index (χ1n) is 6.17. The lowest BCUT2D eigenvalue weighted by Crippen LogP contribution is -2.26. The van der Waals surface area contributed by atoms with Crippen molar-refractivity contribution < 1.29 is 14.3 Å². The molecule has 0 unspecified atom stereocenters. The average molecular weight is 269 g/mol. The number of hydrogen-bond donors (Lipinski definition) is 1. The minimum Gasteiger partial charge on any atom is -0.472 e. The van der Waals surface area contributed by atoms with Crippen LogP contribution in [0.15, 0.2) is 47.3 Å². The minimum absolute atomic E-state index is 0.108. The number of aliphatic hydroxyl groups excluding tert-OH is 1. The Hall–Kier alpha value is -2.51. The summed E-state index contributed by atoms with van der Waals surface area (Å²) >= 11 is 0. The van der Waals surface area contributed by atoms with Crippen LogP contribution in [0.25, 0.3) is 0 Å². The van der Waals surface area contributed by atoms with Gasteiger partial charge in [0, 0.05) is 19.2 Å². The quantitative estimate of drug-likeness (QED) is 0.866. The van der Waals surface area contributed by atoms with Crippen LogP contribution in [0.1, 0.15) is 21.5 Å². The number of amides is 1. The maximum Gasteiger partial charge on any atom is 0.257 e. The molecule has 4 nitrogen and oxygen atoms in total. The maximum absolute atomic E-state index is 12.1. The van der Waals surface area contributed by atoms with Gasteiger partial charge in [0.1, 0.15) is 12.9 Å². The lowest BCUT2D eigenvalue weighted by Gasteiger charge is -2.17. The molecule has 0 fully saturated rings. The molecule has 1 N–H and O–H groups in total. The van der Waals surface area contributed by atoms with Crippen LogP contribution in [-0.2, 0) is 6.54 Å². The predicted molar refractivity (Wildman–Crippen MR) is 74.9 cm³/mol. The second-order valence-corrected chi connectivity index (χ2v) is 4.29. The van der Waals surface area contributed by atoms with Crippen LogP contribution in [0.5, 0.6) is 0 Å². The van der Waals surface area contributed by atoms with E-state index in [0.717, 1.165) is 11.1 Å². The molecule has 1 amide bonds. The van der Waals surface area contributed by atoms with E-state index in [2.05, 4.69) is 11.8 Å². The first-order chi connectivity index (χ1) is 9.72. The summed E-state index contributed by atoms with van der Waals surface area (Å²) in [6.07, 6.45) is 2.90. The number of hydrogen-bond acceptors (Lipinski definition) is 3. The molecule has 1 heterocycles. The number of rotatable bonds is 3. The molecule has 0 atom stereocenters. The van der Waals surface area contributed by atoms with Gasteiger partial charge >= 0.3 is 0 Å². The highest BCUT2D eigenvalue weighted by atomic mass is 16.3. The molecule has 20 heavy (non-hydrogen) atoms. The van der Waals surface area contributed by atoms with Crippen LogP contribution < -0.4 is 0 Å². The molecular weight excluding hydrogens is 254 g/mol. The van der Waals surface area contributed by atoms with Gasteiger partial charge in [-0.15, -0.1) is 0 Å². The smallest absolute Gasteiger partial charge is 0.257 e. The molecule has 0 aliphatic carbocycles. The highest BCUT2D eigenvalue weighted by molar-refractivity contribution is 5.93. The van der Waals surface area contributed by atoms with Crippen LogP contribution in [0.4, 0.5) is 0 Å². The fraction of sp³-hybridized carbons (Fsp3) is 0.188. The van der Waals surface area contributed by atoms with Gasteiger partial charge < -0.3 is 14.4 Å². The summed E-state index contributed by atoms with van der Waals surface area (Å²) in [4.78, 5) is 13.7. The molecular formula is C16H15NO3. The topological polar surface area (TPSA) is 53.7 Å². The molecule has 0 aliphatic heterocycles. The van der Waals surface area contributed by atoms with Gasteiger partial charge in [-0.05, 0) is 17.7 Å². The number of carbonyl (C=O) groups excluding carboxylic acids is 1. The van der Waals surface area contributed by atoms with Crippen molar-refractivity contribution >= 4 is 5.91 Å². The largest absolute Gasteiger partial charge is 0.472 e. The van der Waals surface area contributed by atoms with Gasteiger partial charge in [-0.3, -0.25) is 4.79 Å². The van der Waals surface area contributed by atoms with Crippen LogP contribution in [-0.4, -0.2) is 29.6 Å². The highest BCUT2D eigenvalue weighted by Gasteiger charge is 2.14. The van der Waals surface area contributed by atoms with Crippen molar-refractivity contribution in [1.29, 1.82) is 0 Å².